The molecule has 5 aromatic carbocycles. The highest BCUT2D eigenvalue weighted by molar-refractivity contribution is 7.64. The molecule has 1 aliphatic heterocycles. The fourth-order valence-electron chi connectivity index (χ4n) is 5.79. The molecule has 1 aliphatic carbocycles. The van der Waals surface area contributed by atoms with Crippen molar-refractivity contribution in [3.63, 3.8) is 0 Å². The third-order valence-electron chi connectivity index (χ3n) is 7.73. The van der Waals surface area contributed by atoms with Gasteiger partial charge in [-0.05, 0) is 63.0 Å². The van der Waals surface area contributed by atoms with E-state index in [0.717, 1.165) is 0 Å². The van der Waals surface area contributed by atoms with E-state index in [1.807, 2.05) is 0 Å². The van der Waals surface area contributed by atoms with Gasteiger partial charge in [0.2, 0.25) is 0 Å². The molecular weight excluding hydrogens is 465 g/mol. The summed E-state index contributed by atoms with van der Waals surface area (Å²) in [6.45, 7) is 4.61. The molecule has 0 aromatic heterocycles. The van der Waals surface area contributed by atoms with Gasteiger partial charge in [-0.3, -0.25) is 0 Å². The minimum absolute atomic E-state index is 0.0728. The van der Waals surface area contributed by atoms with Crippen LogP contribution < -0.4 is 10.6 Å². The second-order valence-corrected chi connectivity index (χ2v) is 12.4. The Morgan fingerprint density at radius 2 is 1.30 bits per heavy atom. The number of hydrogen-bond donors (Lipinski definition) is 1. The minimum Gasteiger partial charge on any atom is -0.373 e. The number of hydrogen-bond acceptors (Lipinski definition) is 1. The summed E-state index contributed by atoms with van der Waals surface area (Å²) in [5.41, 5.74) is 11.5. The summed E-state index contributed by atoms with van der Waals surface area (Å²) in [5.74, 6) is 0. The van der Waals surface area contributed by atoms with Crippen LogP contribution >= 0.6 is 7.92 Å². The molecule has 0 saturated carbocycles. The van der Waals surface area contributed by atoms with Crippen LogP contribution in [0.25, 0.3) is 33.5 Å². The van der Waals surface area contributed by atoms with E-state index in [9.17, 15) is 0 Å². The molecule has 0 fully saturated rings. The van der Waals surface area contributed by atoms with Gasteiger partial charge in [0.15, 0.2) is 0 Å². The normalized spacial score (nSPS) is 15.8. The second-order valence-electron chi connectivity index (χ2n) is 10.1. The molecule has 1 nitrogen and oxygen atoms in total. The van der Waals surface area contributed by atoms with Crippen LogP contribution in [0, 0.1) is 0 Å². The van der Waals surface area contributed by atoms with Crippen molar-refractivity contribution in [2.75, 3.05) is 18.6 Å². The number of anilines is 1. The Labute approximate surface area is 219 Å². The first-order valence-corrected chi connectivity index (χ1v) is 15.1. The SMILES string of the molecule is CP(C)c1ccc(-c2ccc(C3=C4C=Cc5ccccc5C4Nc4c3ccc3ccccc43)cc2)cc1. The Morgan fingerprint density at radius 3 is 2.08 bits per heavy atom. The van der Waals surface area contributed by atoms with E-state index >= 15 is 0 Å². The van der Waals surface area contributed by atoms with Crippen LogP contribution in [0.2, 0.25) is 0 Å². The molecule has 1 heterocycles. The zero-order valence-corrected chi connectivity index (χ0v) is 22.0. The van der Waals surface area contributed by atoms with Crippen LogP contribution in [0.3, 0.4) is 0 Å². The van der Waals surface area contributed by atoms with Crippen molar-refractivity contribution in [1.82, 2.24) is 0 Å². The fourth-order valence-corrected chi connectivity index (χ4v) is 6.54. The number of rotatable bonds is 3. The molecule has 2 aliphatic rings. The molecule has 1 N–H and O–H groups in total. The Bertz CT molecular complexity index is 1710. The first-order chi connectivity index (χ1) is 18.2. The number of benzene rings is 5. The maximum atomic E-state index is 3.94. The van der Waals surface area contributed by atoms with Gasteiger partial charge in [-0.1, -0.05) is 129 Å². The molecule has 2 heteroatoms. The van der Waals surface area contributed by atoms with Crippen molar-refractivity contribution < 1.29 is 0 Å². The second kappa shape index (κ2) is 8.87. The number of fused-ring (bicyclic) bond motifs is 6. The highest BCUT2D eigenvalue weighted by atomic mass is 31.1. The summed E-state index contributed by atoms with van der Waals surface area (Å²) in [6.07, 6.45) is 4.58. The molecule has 1 atom stereocenters. The maximum absolute atomic E-state index is 3.94. The van der Waals surface area contributed by atoms with Gasteiger partial charge in [0.25, 0.3) is 0 Å². The minimum atomic E-state index is -0.0728. The topological polar surface area (TPSA) is 12.0 Å². The van der Waals surface area contributed by atoms with Crippen LogP contribution in [-0.4, -0.2) is 13.3 Å². The van der Waals surface area contributed by atoms with Crippen molar-refractivity contribution in [1.29, 1.82) is 0 Å². The van der Waals surface area contributed by atoms with Gasteiger partial charge >= 0.3 is 0 Å². The lowest BCUT2D eigenvalue weighted by Crippen LogP contribution is -2.22. The number of nitrogens with one attached hydrogen (secondary N) is 1. The van der Waals surface area contributed by atoms with Gasteiger partial charge in [0.1, 0.15) is 0 Å². The van der Waals surface area contributed by atoms with Crippen molar-refractivity contribution >= 4 is 41.3 Å². The summed E-state index contributed by atoms with van der Waals surface area (Å²) >= 11 is 0. The first kappa shape index (κ1) is 22.3. The standard InChI is InChI=1S/C35H28NP/c1-37(2)28-19-15-24(16-20-28)23-11-13-27(14-12-23)33-31-21-17-25-7-3-5-9-29(25)34(31)36-35-30-10-6-4-8-26(30)18-22-32(33)35/h3-22,34,36H,1-2H3. The van der Waals surface area contributed by atoms with Crippen LogP contribution in [0.1, 0.15) is 28.3 Å². The van der Waals surface area contributed by atoms with Crippen LogP contribution in [0.5, 0.6) is 0 Å². The monoisotopic (exact) mass is 493 g/mol. The maximum Gasteiger partial charge on any atom is 0.0779 e. The molecule has 0 saturated heterocycles. The highest BCUT2D eigenvalue weighted by Gasteiger charge is 2.31. The molecule has 0 radical (unpaired) electrons. The van der Waals surface area contributed by atoms with E-state index in [0.29, 0.717) is 0 Å². The molecule has 178 valence electrons. The summed E-state index contributed by atoms with van der Waals surface area (Å²) in [6, 6.07) is 40.3. The molecule has 5 aromatic rings. The zero-order valence-electron chi connectivity index (χ0n) is 21.1. The summed E-state index contributed by atoms with van der Waals surface area (Å²) < 4.78 is 0. The van der Waals surface area contributed by atoms with E-state index in [2.05, 4.69) is 140 Å². The van der Waals surface area contributed by atoms with Crippen LogP contribution in [-0.2, 0) is 0 Å². The van der Waals surface area contributed by atoms with E-state index in [1.54, 1.807) is 0 Å². The van der Waals surface area contributed by atoms with E-state index in [4.69, 9.17) is 0 Å². The van der Waals surface area contributed by atoms with Crippen molar-refractivity contribution in [2.24, 2.45) is 0 Å². The van der Waals surface area contributed by atoms with Gasteiger partial charge in [-0.25, -0.2) is 0 Å². The van der Waals surface area contributed by atoms with Gasteiger partial charge in [-0.15, -0.1) is 0 Å². The molecule has 37 heavy (non-hydrogen) atoms. The molecule has 0 spiro atoms. The zero-order chi connectivity index (χ0) is 24.9. The third-order valence-corrected chi connectivity index (χ3v) is 9.06. The van der Waals surface area contributed by atoms with Gasteiger partial charge in [0.05, 0.1) is 11.7 Å². The van der Waals surface area contributed by atoms with E-state index in [1.165, 1.54) is 66.3 Å². The molecule has 0 amide bonds. The van der Waals surface area contributed by atoms with Gasteiger partial charge in [-0.2, -0.15) is 0 Å². The Balaban J connectivity index is 1.39. The smallest absolute Gasteiger partial charge is 0.0779 e. The Morgan fingerprint density at radius 1 is 0.622 bits per heavy atom. The quantitative estimate of drug-likeness (QED) is 0.248. The summed E-state index contributed by atoms with van der Waals surface area (Å²) in [4.78, 5) is 0. The van der Waals surface area contributed by atoms with Gasteiger partial charge < -0.3 is 5.32 Å². The Kier molecular flexibility index (Phi) is 5.34. The van der Waals surface area contributed by atoms with E-state index < -0.39 is 0 Å². The molecule has 1 unspecified atom stereocenters. The van der Waals surface area contributed by atoms with Crippen LogP contribution in [0.4, 0.5) is 5.69 Å². The highest BCUT2D eigenvalue weighted by Crippen LogP contribution is 2.49. The average molecular weight is 494 g/mol. The lowest BCUT2D eigenvalue weighted by atomic mass is 9.78. The predicted octanol–water partition coefficient (Wildman–Crippen LogP) is 8.87. The summed E-state index contributed by atoms with van der Waals surface area (Å²) in [5, 5.41) is 7.92. The van der Waals surface area contributed by atoms with Crippen molar-refractivity contribution in [3.8, 4) is 11.1 Å². The first-order valence-electron chi connectivity index (χ1n) is 12.9. The van der Waals surface area contributed by atoms with Crippen LogP contribution in [0.15, 0.2) is 121 Å². The molecule has 0 bridgehead atoms. The molecular formula is C35H28NP. The lowest BCUT2D eigenvalue weighted by molar-refractivity contribution is 0.920. The molecule has 7 rings (SSSR count). The van der Waals surface area contributed by atoms with Gasteiger partial charge in [0, 0.05) is 10.9 Å². The van der Waals surface area contributed by atoms with Crippen molar-refractivity contribution in [3.05, 3.63) is 143 Å². The summed E-state index contributed by atoms with van der Waals surface area (Å²) in [7, 11) is -0.0728. The lowest BCUT2D eigenvalue weighted by Gasteiger charge is -2.35. The fraction of sp³-hybridized carbons (Fsp3) is 0.0857. The predicted molar refractivity (Wildman–Crippen MR) is 162 cm³/mol. The van der Waals surface area contributed by atoms with Crippen molar-refractivity contribution in [2.45, 2.75) is 6.04 Å². The third kappa shape index (κ3) is 3.74. The van der Waals surface area contributed by atoms with E-state index in [-0.39, 0.29) is 14.0 Å². The largest absolute Gasteiger partial charge is 0.373 e. The Hall–Kier alpha value is -3.93. The average Bonchev–Trinajstić information content (AvgIpc) is 2.96.